The lowest BCUT2D eigenvalue weighted by Crippen LogP contribution is -2.29. The Balaban J connectivity index is 1.88. The normalized spacial score (nSPS) is 15.2. The number of amides is 1. The number of aryl methyl sites for hydroxylation is 1. The predicted molar refractivity (Wildman–Crippen MR) is 142 cm³/mol. The molecule has 2 N–H and O–H groups in total. The maximum Gasteiger partial charge on any atom is 0.336 e. The summed E-state index contributed by atoms with van der Waals surface area (Å²) in [6.45, 7) is 4.13. The highest BCUT2D eigenvalue weighted by Gasteiger charge is 2.35. The maximum absolute atomic E-state index is 13.0. The van der Waals surface area contributed by atoms with Crippen molar-refractivity contribution in [2.45, 2.75) is 26.2 Å². The number of thioether (sulfide) groups is 1. The minimum Gasteiger partial charge on any atom is -0.460 e. The molecule has 0 spiro atoms. The van der Waals surface area contributed by atoms with Crippen LogP contribution in [-0.2, 0) is 25.5 Å². The van der Waals surface area contributed by atoms with Gasteiger partial charge in [0.15, 0.2) is 0 Å². The Bertz CT molecular complexity index is 1220. The Morgan fingerprint density at radius 3 is 2.56 bits per heavy atom. The fourth-order valence-corrected chi connectivity index (χ4v) is 4.87. The summed E-state index contributed by atoms with van der Waals surface area (Å²) < 4.78 is 10.4. The van der Waals surface area contributed by atoms with Gasteiger partial charge >= 0.3 is 5.97 Å². The molecule has 1 amide bonds. The van der Waals surface area contributed by atoms with Crippen LogP contribution in [-0.4, -0.2) is 38.0 Å². The fourth-order valence-electron chi connectivity index (χ4n) is 3.86. The van der Waals surface area contributed by atoms with Crippen molar-refractivity contribution in [3.63, 3.8) is 0 Å². The van der Waals surface area contributed by atoms with E-state index in [0.717, 1.165) is 23.2 Å². The minimum absolute atomic E-state index is 0.0831. The fraction of sp³-hybridized carbons (Fsp3) is 0.296. The third kappa shape index (κ3) is 6.70. The number of nitrogens with zero attached hydrogens (tertiary/aromatic N) is 1. The molecular weight excluding hydrogens is 498 g/mol. The number of carbonyl (C=O) groups is 2. The lowest BCUT2D eigenvalue weighted by atomic mass is 9.82. The molecule has 1 atom stereocenters. The smallest absolute Gasteiger partial charge is 0.336 e. The van der Waals surface area contributed by atoms with E-state index in [0.29, 0.717) is 26.9 Å². The molecule has 0 radical (unpaired) electrons. The quantitative estimate of drug-likeness (QED) is 0.326. The summed E-state index contributed by atoms with van der Waals surface area (Å²) in [5.41, 5.74) is 3.74. The van der Waals surface area contributed by atoms with Crippen LogP contribution >= 0.6 is 23.4 Å². The standard InChI is InChI=1S/C27H28ClN3O4S/c1-4-18-7-5-6-8-22(18)31-23(32)16-36-26-21(15-29)25(19-9-11-20(28)12-10-19)24(17(2)30-26)27(33)35-14-13-34-3/h5-12,25,30H,4,13-14,16H2,1-3H3,(H,31,32)/t25-/m0/s1. The Morgan fingerprint density at radius 2 is 1.89 bits per heavy atom. The van der Waals surface area contributed by atoms with Crippen molar-refractivity contribution in [3.8, 4) is 6.07 Å². The second-order valence-electron chi connectivity index (χ2n) is 7.98. The third-order valence-corrected chi connectivity index (χ3v) is 6.88. The number of benzene rings is 2. The van der Waals surface area contributed by atoms with E-state index in [-0.39, 0.29) is 24.9 Å². The first kappa shape index (κ1) is 27.3. The van der Waals surface area contributed by atoms with Gasteiger partial charge in [-0.15, -0.1) is 0 Å². The third-order valence-electron chi connectivity index (χ3n) is 5.61. The summed E-state index contributed by atoms with van der Waals surface area (Å²) in [7, 11) is 1.52. The van der Waals surface area contributed by atoms with Crippen molar-refractivity contribution in [1.82, 2.24) is 5.32 Å². The van der Waals surface area contributed by atoms with Crippen LogP contribution in [0.15, 0.2) is 70.4 Å². The monoisotopic (exact) mass is 525 g/mol. The number of rotatable bonds is 10. The highest BCUT2D eigenvalue weighted by molar-refractivity contribution is 8.03. The molecule has 1 aliphatic rings. The topological polar surface area (TPSA) is 100 Å². The molecule has 0 bridgehead atoms. The Labute approximate surface area is 220 Å². The van der Waals surface area contributed by atoms with E-state index >= 15 is 0 Å². The summed E-state index contributed by atoms with van der Waals surface area (Å²) in [5.74, 6) is -1.32. The zero-order valence-corrected chi connectivity index (χ0v) is 22.0. The van der Waals surface area contributed by atoms with Gasteiger partial charge in [-0.25, -0.2) is 4.79 Å². The molecule has 0 saturated heterocycles. The number of nitriles is 1. The van der Waals surface area contributed by atoms with Gasteiger partial charge in [-0.05, 0) is 42.7 Å². The van der Waals surface area contributed by atoms with Crippen LogP contribution < -0.4 is 10.6 Å². The van der Waals surface area contributed by atoms with Gasteiger partial charge in [0.1, 0.15) is 6.61 Å². The molecule has 0 unspecified atom stereocenters. The van der Waals surface area contributed by atoms with E-state index in [1.54, 1.807) is 31.2 Å². The second-order valence-corrected chi connectivity index (χ2v) is 9.40. The molecule has 0 aliphatic carbocycles. The number of hydrogen-bond donors (Lipinski definition) is 2. The largest absolute Gasteiger partial charge is 0.460 e. The van der Waals surface area contributed by atoms with Gasteiger partial charge in [0, 0.05) is 23.5 Å². The first-order valence-electron chi connectivity index (χ1n) is 11.4. The lowest BCUT2D eigenvalue weighted by Gasteiger charge is -2.29. The van der Waals surface area contributed by atoms with E-state index < -0.39 is 11.9 Å². The second kappa shape index (κ2) is 13.2. The van der Waals surface area contributed by atoms with Gasteiger partial charge in [-0.3, -0.25) is 4.79 Å². The average molecular weight is 526 g/mol. The first-order chi connectivity index (χ1) is 17.4. The van der Waals surface area contributed by atoms with E-state index in [1.165, 1.54) is 18.9 Å². The summed E-state index contributed by atoms with van der Waals surface area (Å²) in [5, 5.41) is 17.3. The highest BCUT2D eigenvalue weighted by atomic mass is 35.5. The van der Waals surface area contributed by atoms with Gasteiger partial charge < -0.3 is 20.1 Å². The molecule has 0 aromatic heterocycles. The lowest BCUT2D eigenvalue weighted by molar-refractivity contribution is -0.140. The number of anilines is 1. The average Bonchev–Trinajstić information content (AvgIpc) is 2.88. The molecule has 0 fully saturated rings. The number of dihydropyridines is 1. The first-order valence-corrected chi connectivity index (χ1v) is 12.8. The number of methoxy groups -OCH3 is 1. The predicted octanol–water partition coefficient (Wildman–Crippen LogP) is 5.16. The minimum atomic E-state index is -0.671. The van der Waals surface area contributed by atoms with Crippen molar-refractivity contribution in [3.05, 3.63) is 86.6 Å². The van der Waals surface area contributed by atoms with Crippen LogP contribution in [0.2, 0.25) is 5.02 Å². The van der Waals surface area contributed by atoms with E-state index in [9.17, 15) is 14.9 Å². The summed E-state index contributed by atoms with van der Waals surface area (Å²) in [4.78, 5) is 25.8. The van der Waals surface area contributed by atoms with Gasteiger partial charge in [-0.2, -0.15) is 5.26 Å². The molecule has 36 heavy (non-hydrogen) atoms. The van der Waals surface area contributed by atoms with Crippen molar-refractivity contribution in [2.24, 2.45) is 0 Å². The van der Waals surface area contributed by atoms with Crippen LogP contribution in [0.3, 0.4) is 0 Å². The van der Waals surface area contributed by atoms with Crippen molar-refractivity contribution in [2.75, 3.05) is 31.4 Å². The number of ether oxygens (including phenoxy) is 2. The Kier molecular flexibility index (Phi) is 10.00. The van der Waals surface area contributed by atoms with Gasteiger partial charge in [0.25, 0.3) is 0 Å². The van der Waals surface area contributed by atoms with E-state index in [1.807, 2.05) is 31.2 Å². The molecular formula is C27H28ClN3O4S. The number of esters is 1. The molecule has 2 aromatic carbocycles. The van der Waals surface area contributed by atoms with Crippen molar-refractivity contribution < 1.29 is 19.1 Å². The molecule has 1 heterocycles. The van der Waals surface area contributed by atoms with Crippen LogP contribution in [0.4, 0.5) is 5.69 Å². The van der Waals surface area contributed by atoms with Crippen LogP contribution in [0.25, 0.3) is 0 Å². The summed E-state index contributed by atoms with van der Waals surface area (Å²) >= 11 is 7.29. The van der Waals surface area contributed by atoms with E-state index in [4.69, 9.17) is 21.1 Å². The molecule has 1 aliphatic heterocycles. The van der Waals surface area contributed by atoms with Crippen molar-refractivity contribution in [1.29, 1.82) is 5.26 Å². The number of halogens is 1. The SMILES string of the molecule is CCc1ccccc1NC(=O)CSC1=C(C#N)[C@H](c2ccc(Cl)cc2)C(C(=O)OCCOC)=C(C)N1. The van der Waals surface area contributed by atoms with Crippen LogP contribution in [0.5, 0.6) is 0 Å². The number of allylic oxidation sites excluding steroid dienone is 2. The van der Waals surface area contributed by atoms with Gasteiger partial charge in [0.05, 0.1) is 40.5 Å². The van der Waals surface area contributed by atoms with Gasteiger partial charge in [-0.1, -0.05) is 60.6 Å². The van der Waals surface area contributed by atoms with Gasteiger partial charge in [0.2, 0.25) is 5.91 Å². The summed E-state index contributed by atoms with van der Waals surface area (Å²) in [6.07, 6.45) is 0.797. The number of hydrogen-bond acceptors (Lipinski definition) is 7. The molecule has 3 rings (SSSR count). The molecule has 2 aromatic rings. The highest BCUT2D eigenvalue weighted by Crippen LogP contribution is 2.41. The molecule has 0 saturated carbocycles. The van der Waals surface area contributed by atoms with Crippen LogP contribution in [0.1, 0.15) is 30.9 Å². The number of nitrogens with one attached hydrogen (secondary N) is 2. The molecule has 188 valence electrons. The van der Waals surface area contributed by atoms with Crippen molar-refractivity contribution >= 4 is 40.9 Å². The van der Waals surface area contributed by atoms with Crippen LogP contribution in [0, 0.1) is 11.3 Å². The Hall–Kier alpha value is -3.25. The number of carbonyl (C=O) groups excluding carboxylic acids is 2. The zero-order chi connectivity index (χ0) is 26.1. The Morgan fingerprint density at radius 1 is 1.17 bits per heavy atom. The maximum atomic E-state index is 13.0. The zero-order valence-electron chi connectivity index (χ0n) is 20.4. The number of para-hydroxylation sites is 1. The van der Waals surface area contributed by atoms with E-state index in [2.05, 4.69) is 16.7 Å². The molecule has 7 nitrogen and oxygen atoms in total. The molecule has 9 heteroatoms. The summed E-state index contributed by atoms with van der Waals surface area (Å²) in [6, 6.07) is 16.9.